The highest BCUT2D eigenvalue weighted by atomic mass is 35.5. The molecule has 0 saturated heterocycles. The minimum atomic E-state index is -0.187. The van der Waals surface area contributed by atoms with Gasteiger partial charge in [-0.25, -0.2) is 4.68 Å². The number of ether oxygens (including phenoxy) is 1. The summed E-state index contributed by atoms with van der Waals surface area (Å²) in [6, 6.07) is 13.6. The number of benzene rings is 2. The van der Waals surface area contributed by atoms with E-state index in [0.717, 1.165) is 52.8 Å². The molecule has 0 radical (unpaired) electrons. The number of methoxy groups -OCH3 is 1. The van der Waals surface area contributed by atoms with Crippen molar-refractivity contribution in [1.29, 1.82) is 0 Å². The molecule has 2 N–H and O–H groups in total. The monoisotopic (exact) mass is 552 g/mol. The SMILES string of the molecule is COc1ccc(-c2c(C)c(C(=O)NCCNC3C4CC5CC(C4)CC3C5)nn2-c2ccc(Cl)cc2Cl)cc1. The maximum absolute atomic E-state index is 13.3. The van der Waals surface area contributed by atoms with Crippen LogP contribution in [0.3, 0.4) is 0 Å². The topological polar surface area (TPSA) is 68.2 Å². The molecule has 4 aliphatic carbocycles. The quantitative estimate of drug-likeness (QED) is 0.321. The van der Waals surface area contributed by atoms with E-state index in [4.69, 9.17) is 33.0 Å². The van der Waals surface area contributed by atoms with Crippen molar-refractivity contribution in [3.8, 4) is 22.7 Å². The minimum Gasteiger partial charge on any atom is -0.497 e. The smallest absolute Gasteiger partial charge is 0.272 e. The van der Waals surface area contributed by atoms with Crippen molar-refractivity contribution in [2.45, 2.75) is 45.1 Å². The third-order valence-electron chi connectivity index (χ3n) is 8.86. The van der Waals surface area contributed by atoms with Gasteiger partial charge in [0.2, 0.25) is 0 Å². The highest BCUT2D eigenvalue weighted by molar-refractivity contribution is 6.35. The lowest BCUT2D eigenvalue weighted by atomic mass is 9.54. The predicted octanol–water partition coefficient (Wildman–Crippen LogP) is 6.31. The third kappa shape index (κ3) is 4.83. The Morgan fingerprint density at radius 2 is 1.68 bits per heavy atom. The van der Waals surface area contributed by atoms with Gasteiger partial charge >= 0.3 is 0 Å². The molecule has 0 atom stereocenters. The fourth-order valence-corrected chi connectivity index (χ4v) is 7.87. The molecule has 1 aromatic heterocycles. The average Bonchev–Trinajstić information content (AvgIpc) is 3.24. The molecular formula is C30H34Cl2N4O2. The van der Waals surface area contributed by atoms with Crippen LogP contribution in [0.2, 0.25) is 10.0 Å². The standard InChI is InChI=1S/C30H34Cl2N4O2/c1-17-27(30(37)34-10-9-33-28-21-12-18-11-19(14-21)15-22(28)13-18)35-36(26-8-5-23(31)16-25(26)32)29(17)20-3-6-24(38-2)7-4-20/h3-8,16,18-19,21-22,28,33H,9-15H2,1-2H3,(H,34,37). The minimum absolute atomic E-state index is 0.187. The molecule has 200 valence electrons. The maximum atomic E-state index is 13.3. The highest BCUT2D eigenvalue weighted by Gasteiger charge is 2.47. The number of aromatic nitrogens is 2. The molecule has 4 bridgehead atoms. The first-order valence-corrected chi connectivity index (χ1v) is 14.4. The van der Waals surface area contributed by atoms with Crippen molar-refractivity contribution in [1.82, 2.24) is 20.4 Å². The maximum Gasteiger partial charge on any atom is 0.272 e. The lowest BCUT2D eigenvalue weighted by Crippen LogP contribution is -2.55. The molecule has 0 spiro atoms. The number of nitrogens with one attached hydrogen (secondary N) is 2. The summed E-state index contributed by atoms with van der Waals surface area (Å²) in [5.41, 5.74) is 3.54. The van der Waals surface area contributed by atoms with Gasteiger partial charge in [0.1, 0.15) is 5.75 Å². The molecule has 38 heavy (non-hydrogen) atoms. The molecule has 7 rings (SSSR count). The number of hydrogen-bond acceptors (Lipinski definition) is 4. The molecular weight excluding hydrogens is 519 g/mol. The van der Waals surface area contributed by atoms with Crippen LogP contribution in [0.15, 0.2) is 42.5 Å². The van der Waals surface area contributed by atoms with Gasteiger partial charge in [-0.05, 0) is 105 Å². The fraction of sp³-hybridized carbons (Fsp3) is 0.467. The zero-order valence-corrected chi connectivity index (χ0v) is 23.4. The van der Waals surface area contributed by atoms with E-state index >= 15 is 0 Å². The molecule has 1 heterocycles. The van der Waals surface area contributed by atoms with E-state index in [-0.39, 0.29) is 5.91 Å². The van der Waals surface area contributed by atoms with Gasteiger partial charge in [-0.3, -0.25) is 4.79 Å². The van der Waals surface area contributed by atoms with Crippen molar-refractivity contribution in [3.63, 3.8) is 0 Å². The highest BCUT2D eigenvalue weighted by Crippen LogP contribution is 2.53. The van der Waals surface area contributed by atoms with Gasteiger partial charge in [0.05, 0.1) is 23.5 Å². The molecule has 6 nitrogen and oxygen atoms in total. The Balaban J connectivity index is 1.20. The number of carbonyl (C=O) groups excluding carboxylic acids is 1. The van der Waals surface area contributed by atoms with Gasteiger partial charge < -0.3 is 15.4 Å². The molecule has 2 aromatic carbocycles. The van der Waals surface area contributed by atoms with Crippen molar-refractivity contribution >= 4 is 29.1 Å². The average molecular weight is 554 g/mol. The van der Waals surface area contributed by atoms with Crippen LogP contribution in [0, 0.1) is 30.6 Å². The first-order valence-electron chi connectivity index (χ1n) is 13.6. The molecule has 1 amide bonds. The van der Waals surface area contributed by atoms with E-state index in [0.29, 0.717) is 34.0 Å². The van der Waals surface area contributed by atoms with Gasteiger partial charge in [0.15, 0.2) is 5.69 Å². The molecule has 4 fully saturated rings. The Hall–Kier alpha value is -2.54. The lowest BCUT2D eigenvalue weighted by Gasteiger charge is -2.54. The number of amides is 1. The lowest BCUT2D eigenvalue weighted by molar-refractivity contribution is -0.0133. The third-order valence-corrected chi connectivity index (χ3v) is 9.39. The van der Waals surface area contributed by atoms with Gasteiger partial charge in [-0.15, -0.1) is 0 Å². The first-order chi connectivity index (χ1) is 18.4. The van der Waals surface area contributed by atoms with Gasteiger partial charge in [-0.1, -0.05) is 23.2 Å². The van der Waals surface area contributed by atoms with E-state index in [1.54, 1.807) is 23.9 Å². The van der Waals surface area contributed by atoms with Crippen LogP contribution in [0.4, 0.5) is 0 Å². The van der Waals surface area contributed by atoms with E-state index in [2.05, 4.69) is 10.6 Å². The van der Waals surface area contributed by atoms with Crippen LogP contribution >= 0.6 is 23.2 Å². The van der Waals surface area contributed by atoms with E-state index in [1.807, 2.05) is 37.3 Å². The van der Waals surface area contributed by atoms with Crippen LogP contribution in [-0.4, -0.2) is 41.9 Å². The second kappa shape index (κ2) is 10.6. The van der Waals surface area contributed by atoms with Crippen molar-refractivity contribution in [2.75, 3.05) is 20.2 Å². The summed E-state index contributed by atoms with van der Waals surface area (Å²) in [5.74, 6) is 4.12. The Bertz CT molecular complexity index is 1310. The zero-order chi connectivity index (χ0) is 26.4. The van der Waals surface area contributed by atoms with E-state index in [1.165, 1.54) is 32.1 Å². The number of hydrogen-bond donors (Lipinski definition) is 2. The number of nitrogens with zero attached hydrogens (tertiary/aromatic N) is 2. The summed E-state index contributed by atoms with van der Waals surface area (Å²) in [6.45, 7) is 3.26. The molecule has 0 unspecified atom stereocenters. The van der Waals surface area contributed by atoms with Crippen LogP contribution in [0.5, 0.6) is 5.75 Å². The summed E-state index contributed by atoms with van der Waals surface area (Å²) >= 11 is 12.7. The summed E-state index contributed by atoms with van der Waals surface area (Å²) in [7, 11) is 1.64. The number of halogens is 2. The summed E-state index contributed by atoms with van der Waals surface area (Å²) < 4.78 is 7.06. The molecule has 3 aromatic rings. The van der Waals surface area contributed by atoms with Crippen LogP contribution in [0.25, 0.3) is 16.9 Å². The Labute approximate surface area is 234 Å². The second-order valence-electron chi connectivity index (χ2n) is 11.2. The van der Waals surface area contributed by atoms with E-state index in [9.17, 15) is 4.79 Å². The molecule has 8 heteroatoms. The van der Waals surface area contributed by atoms with Gasteiger partial charge in [-0.2, -0.15) is 5.10 Å². The van der Waals surface area contributed by atoms with Crippen molar-refractivity contribution in [2.24, 2.45) is 23.7 Å². The van der Waals surface area contributed by atoms with Crippen molar-refractivity contribution in [3.05, 3.63) is 63.8 Å². The molecule has 4 saturated carbocycles. The number of carbonyl (C=O) groups is 1. The van der Waals surface area contributed by atoms with Crippen molar-refractivity contribution < 1.29 is 9.53 Å². The Morgan fingerprint density at radius 1 is 1.00 bits per heavy atom. The van der Waals surface area contributed by atoms with Crippen LogP contribution < -0.4 is 15.4 Å². The van der Waals surface area contributed by atoms with Gasteiger partial charge in [0, 0.05) is 35.3 Å². The van der Waals surface area contributed by atoms with Crippen LogP contribution in [0.1, 0.15) is 48.2 Å². The molecule has 0 aliphatic heterocycles. The van der Waals surface area contributed by atoms with E-state index < -0.39 is 0 Å². The van der Waals surface area contributed by atoms with Gasteiger partial charge in [0.25, 0.3) is 5.91 Å². The fourth-order valence-electron chi connectivity index (χ4n) is 7.38. The zero-order valence-electron chi connectivity index (χ0n) is 21.8. The largest absolute Gasteiger partial charge is 0.497 e. The summed E-state index contributed by atoms with van der Waals surface area (Å²) in [6.07, 6.45) is 7.00. The second-order valence-corrected chi connectivity index (χ2v) is 12.1. The van der Waals surface area contributed by atoms with Crippen LogP contribution in [-0.2, 0) is 0 Å². The normalized spacial score (nSPS) is 25.5. The first kappa shape index (κ1) is 25.7. The summed E-state index contributed by atoms with van der Waals surface area (Å²) in [4.78, 5) is 13.3. The summed E-state index contributed by atoms with van der Waals surface area (Å²) in [5, 5.41) is 12.6. The Kier molecular flexibility index (Phi) is 7.14. The number of rotatable bonds is 8. The predicted molar refractivity (Wildman–Crippen MR) is 151 cm³/mol. The molecule has 4 aliphatic rings. The Morgan fingerprint density at radius 3 is 2.32 bits per heavy atom.